The van der Waals surface area contributed by atoms with Crippen molar-refractivity contribution in [1.82, 2.24) is 0 Å². The summed E-state index contributed by atoms with van der Waals surface area (Å²) >= 11 is 0. The van der Waals surface area contributed by atoms with Gasteiger partial charge < -0.3 is 9.47 Å². The molecule has 1 aliphatic heterocycles. The van der Waals surface area contributed by atoms with Gasteiger partial charge in [-0.15, -0.1) is 0 Å². The number of halogens is 3. The fourth-order valence-corrected chi connectivity index (χ4v) is 2.62. The van der Waals surface area contributed by atoms with Crippen molar-refractivity contribution in [2.75, 3.05) is 6.61 Å². The second-order valence-corrected chi connectivity index (χ2v) is 5.89. The number of carbonyl (C=O) groups is 2. The standard InChI is InChI=1S/C15H15F3O4/c1-13(2,7-14(8-22-14)15(16,17)18)11-6-4-3-5-10(11)12(20)21-9-19/h3-6,9H,7-8H2,1-2H3/t14-/m0/s1. The molecule has 120 valence electrons. The highest BCUT2D eigenvalue weighted by atomic mass is 19.4. The summed E-state index contributed by atoms with van der Waals surface area (Å²) in [5.74, 6) is -0.892. The topological polar surface area (TPSA) is 55.9 Å². The zero-order valence-electron chi connectivity index (χ0n) is 12.1. The van der Waals surface area contributed by atoms with E-state index in [-0.39, 0.29) is 25.1 Å². The van der Waals surface area contributed by atoms with Gasteiger partial charge >= 0.3 is 18.6 Å². The fourth-order valence-electron chi connectivity index (χ4n) is 2.62. The molecule has 1 saturated heterocycles. The van der Waals surface area contributed by atoms with E-state index in [0.717, 1.165) is 0 Å². The first kappa shape index (κ1) is 16.5. The van der Waals surface area contributed by atoms with Gasteiger partial charge in [0.25, 0.3) is 0 Å². The molecule has 0 aromatic heterocycles. The van der Waals surface area contributed by atoms with Crippen molar-refractivity contribution in [2.24, 2.45) is 0 Å². The number of alkyl halides is 3. The minimum absolute atomic E-state index is 0.00663. The molecule has 0 N–H and O–H groups in total. The summed E-state index contributed by atoms with van der Waals surface area (Å²) in [4.78, 5) is 22.1. The highest BCUT2D eigenvalue weighted by molar-refractivity contribution is 5.94. The second-order valence-electron chi connectivity index (χ2n) is 5.89. The lowest BCUT2D eigenvalue weighted by Crippen LogP contribution is -2.39. The molecule has 4 nitrogen and oxygen atoms in total. The third kappa shape index (κ3) is 2.99. The average molecular weight is 316 g/mol. The van der Waals surface area contributed by atoms with Gasteiger partial charge in [0.2, 0.25) is 0 Å². The van der Waals surface area contributed by atoms with Gasteiger partial charge in [-0.1, -0.05) is 32.0 Å². The van der Waals surface area contributed by atoms with Crippen molar-refractivity contribution >= 4 is 12.4 Å². The van der Waals surface area contributed by atoms with E-state index < -0.39 is 23.2 Å². The third-order valence-corrected chi connectivity index (χ3v) is 3.77. The van der Waals surface area contributed by atoms with Crippen molar-refractivity contribution in [3.8, 4) is 0 Å². The Balaban J connectivity index is 2.34. The Labute approximate surface area is 125 Å². The molecule has 7 heteroatoms. The van der Waals surface area contributed by atoms with E-state index in [1.807, 2.05) is 0 Å². The Hall–Kier alpha value is -1.89. The molecule has 2 rings (SSSR count). The molecule has 1 aliphatic rings. The van der Waals surface area contributed by atoms with Gasteiger partial charge in [0.1, 0.15) is 0 Å². The molecular formula is C15H15F3O4. The Morgan fingerprint density at radius 3 is 2.45 bits per heavy atom. The van der Waals surface area contributed by atoms with Crippen LogP contribution >= 0.6 is 0 Å². The van der Waals surface area contributed by atoms with Crippen molar-refractivity contribution in [1.29, 1.82) is 0 Å². The minimum atomic E-state index is -4.47. The van der Waals surface area contributed by atoms with Crippen molar-refractivity contribution in [2.45, 2.75) is 37.5 Å². The number of epoxide rings is 1. The van der Waals surface area contributed by atoms with Crippen LogP contribution in [0.2, 0.25) is 0 Å². The summed E-state index contributed by atoms with van der Waals surface area (Å²) < 4.78 is 48.1. The quantitative estimate of drug-likeness (QED) is 0.363. The van der Waals surface area contributed by atoms with Crippen molar-refractivity contribution in [3.05, 3.63) is 35.4 Å². The zero-order valence-corrected chi connectivity index (χ0v) is 12.1. The van der Waals surface area contributed by atoms with E-state index in [2.05, 4.69) is 9.47 Å². The lowest BCUT2D eigenvalue weighted by molar-refractivity contribution is -0.188. The summed E-state index contributed by atoms with van der Waals surface area (Å²) in [6, 6.07) is 6.13. The summed E-state index contributed by atoms with van der Waals surface area (Å²) in [7, 11) is 0. The van der Waals surface area contributed by atoms with Gasteiger partial charge in [0.15, 0.2) is 5.60 Å². The number of carbonyl (C=O) groups excluding carboxylic acids is 2. The third-order valence-electron chi connectivity index (χ3n) is 3.77. The van der Waals surface area contributed by atoms with Gasteiger partial charge in [0, 0.05) is 0 Å². The molecule has 1 heterocycles. The maximum atomic E-state index is 13.1. The number of rotatable bonds is 5. The van der Waals surface area contributed by atoms with Crippen LogP contribution in [0.15, 0.2) is 24.3 Å². The first-order valence-corrected chi connectivity index (χ1v) is 6.58. The molecule has 22 heavy (non-hydrogen) atoms. The minimum Gasteiger partial charge on any atom is -0.392 e. The lowest BCUT2D eigenvalue weighted by Gasteiger charge is -2.31. The van der Waals surface area contributed by atoms with E-state index >= 15 is 0 Å². The normalized spacial score (nSPS) is 21.3. The van der Waals surface area contributed by atoms with Crippen LogP contribution in [-0.2, 0) is 19.7 Å². The maximum Gasteiger partial charge on any atom is 0.419 e. The van der Waals surface area contributed by atoms with Crippen LogP contribution in [0.4, 0.5) is 13.2 Å². The van der Waals surface area contributed by atoms with Crippen molar-refractivity contribution < 1.29 is 32.2 Å². The first-order chi connectivity index (χ1) is 10.1. The molecule has 0 amide bonds. The lowest BCUT2D eigenvalue weighted by atomic mass is 9.75. The van der Waals surface area contributed by atoms with Crippen molar-refractivity contribution in [3.63, 3.8) is 0 Å². The van der Waals surface area contributed by atoms with Gasteiger partial charge in [-0.2, -0.15) is 13.2 Å². The zero-order chi connectivity index (χ0) is 16.6. The van der Waals surface area contributed by atoms with Crippen LogP contribution in [0.3, 0.4) is 0 Å². The molecular weight excluding hydrogens is 301 g/mol. The molecule has 0 unspecified atom stereocenters. The number of esters is 1. The predicted octanol–water partition coefficient (Wildman–Crippen LogP) is 3.00. The van der Waals surface area contributed by atoms with Gasteiger partial charge in [-0.05, 0) is 23.5 Å². The summed E-state index contributed by atoms with van der Waals surface area (Å²) in [5.41, 5.74) is -2.72. The van der Waals surface area contributed by atoms with E-state index in [4.69, 9.17) is 0 Å². The van der Waals surface area contributed by atoms with Crippen LogP contribution in [0.5, 0.6) is 0 Å². The summed E-state index contributed by atoms with van der Waals surface area (Å²) in [6.45, 7) is 2.79. The van der Waals surface area contributed by atoms with Crippen LogP contribution in [0.25, 0.3) is 0 Å². The van der Waals surface area contributed by atoms with E-state index in [1.54, 1.807) is 32.0 Å². The fraction of sp³-hybridized carbons (Fsp3) is 0.467. The molecule has 1 fully saturated rings. The highest BCUT2D eigenvalue weighted by Gasteiger charge is 2.67. The average Bonchev–Trinajstić information content (AvgIpc) is 3.19. The Kier molecular flexibility index (Phi) is 4.04. The van der Waals surface area contributed by atoms with Crippen LogP contribution < -0.4 is 0 Å². The molecule has 0 radical (unpaired) electrons. The number of hydrogen-bond donors (Lipinski definition) is 0. The SMILES string of the molecule is CC(C)(C[C@@]1(C(F)(F)F)CO1)c1ccccc1C(=O)OC=O. The molecule has 1 aromatic rings. The molecule has 0 aliphatic carbocycles. The van der Waals surface area contributed by atoms with Crippen LogP contribution in [-0.4, -0.2) is 30.8 Å². The summed E-state index contributed by atoms with van der Waals surface area (Å²) in [6.07, 6.45) is -4.79. The smallest absolute Gasteiger partial charge is 0.392 e. The summed E-state index contributed by atoms with van der Waals surface area (Å²) in [5, 5.41) is 0. The molecule has 0 bridgehead atoms. The molecule has 0 saturated carbocycles. The number of ether oxygens (including phenoxy) is 2. The number of benzene rings is 1. The van der Waals surface area contributed by atoms with Crippen LogP contribution in [0, 0.1) is 0 Å². The maximum absolute atomic E-state index is 13.1. The van der Waals surface area contributed by atoms with E-state index in [0.29, 0.717) is 5.56 Å². The largest absolute Gasteiger partial charge is 0.419 e. The van der Waals surface area contributed by atoms with E-state index in [1.165, 1.54) is 6.07 Å². The van der Waals surface area contributed by atoms with Gasteiger partial charge in [-0.25, -0.2) is 4.79 Å². The predicted molar refractivity (Wildman–Crippen MR) is 70.3 cm³/mol. The Morgan fingerprint density at radius 2 is 1.95 bits per heavy atom. The molecule has 1 aromatic carbocycles. The Bertz CT molecular complexity index is 589. The monoisotopic (exact) mass is 316 g/mol. The molecule has 0 spiro atoms. The molecule has 1 atom stereocenters. The number of hydrogen-bond acceptors (Lipinski definition) is 4. The highest BCUT2D eigenvalue weighted by Crippen LogP contribution is 2.51. The Morgan fingerprint density at radius 1 is 1.36 bits per heavy atom. The van der Waals surface area contributed by atoms with Gasteiger partial charge in [-0.3, -0.25) is 4.79 Å². The van der Waals surface area contributed by atoms with Crippen LogP contribution in [0.1, 0.15) is 36.2 Å². The second kappa shape index (κ2) is 5.39. The first-order valence-electron chi connectivity index (χ1n) is 6.58. The van der Waals surface area contributed by atoms with Gasteiger partial charge in [0.05, 0.1) is 12.2 Å². The van der Waals surface area contributed by atoms with E-state index in [9.17, 15) is 22.8 Å².